The van der Waals surface area contributed by atoms with Crippen molar-refractivity contribution in [1.29, 1.82) is 5.41 Å². The molecule has 7 nitrogen and oxygen atoms in total. The first-order chi connectivity index (χ1) is 22.5. The third kappa shape index (κ3) is 7.26. The number of aromatic amines is 1. The maximum atomic E-state index is 7.90. The molecule has 3 aromatic carbocycles. The molecule has 3 aromatic heterocycles. The number of nitrogens with one attached hydrogen (secondary N) is 2. The van der Waals surface area contributed by atoms with Crippen LogP contribution in [0.15, 0.2) is 82.8 Å². The molecule has 9 heteroatoms. The molecule has 0 saturated carbocycles. The fourth-order valence-corrected chi connectivity index (χ4v) is 7.81. The lowest BCUT2D eigenvalue weighted by Gasteiger charge is -2.13. The second kappa shape index (κ2) is 13.7. The molecule has 47 heavy (non-hydrogen) atoms. The van der Waals surface area contributed by atoms with Crippen molar-refractivity contribution in [3.05, 3.63) is 105 Å². The van der Waals surface area contributed by atoms with Gasteiger partial charge in [0, 0.05) is 93.7 Å². The summed E-state index contributed by atoms with van der Waals surface area (Å²) in [5, 5.41) is 11.7. The molecule has 0 saturated heterocycles. The van der Waals surface area contributed by atoms with Crippen molar-refractivity contribution in [1.82, 2.24) is 19.7 Å². The van der Waals surface area contributed by atoms with Crippen molar-refractivity contribution in [2.24, 2.45) is 9.98 Å². The van der Waals surface area contributed by atoms with Crippen LogP contribution in [0.25, 0.3) is 31.1 Å². The van der Waals surface area contributed by atoms with Crippen molar-refractivity contribution in [3.63, 3.8) is 0 Å². The number of fused-ring (bicyclic) bond motifs is 3. The van der Waals surface area contributed by atoms with Gasteiger partial charge in [-0.3, -0.25) is 15.4 Å². The number of likely N-dealkylation sites (N-methyl/N-ethyl adjacent to an activating group) is 2. The first-order valence-electron chi connectivity index (χ1n) is 15.9. The number of H-pyrrole nitrogens is 1. The van der Waals surface area contributed by atoms with Crippen LogP contribution >= 0.6 is 22.7 Å². The van der Waals surface area contributed by atoms with Crippen molar-refractivity contribution in [2.75, 3.05) is 54.4 Å². The van der Waals surface area contributed by atoms with E-state index in [1.165, 1.54) is 57.7 Å². The summed E-state index contributed by atoms with van der Waals surface area (Å²) in [5.41, 5.74) is 5.83. The molecule has 0 aliphatic carbocycles. The van der Waals surface area contributed by atoms with Crippen LogP contribution in [0.4, 0.5) is 0 Å². The zero-order valence-corrected chi connectivity index (χ0v) is 29.9. The molecule has 2 aliphatic rings. The monoisotopic (exact) mass is 661 g/mol. The highest BCUT2D eigenvalue weighted by Gasteiger charge is 2.16. The van der Waals surface area contributed by atoms with Crippen LogP contribution in [0, 0.1) is 26.2 Å². The summed E-state index contributed by atoms with van der Waals surface area (Å²) in [4.78, 5) is 21.4. The van der Waals surface area contributed by atoms with Gasteiger partial charge in [-0.25, -0.2) is 0 Å². The van der Waals surface area contributed by atoms with E-state index in [1.807, 2.05) is 36.4 Å². The molecule has 242 valence electrons. The molecule has 2 N–H and O–H groups in total. The number of nitrogens with zero attached hydrogens (tertiary/aromatic N) is 5. The van der Waals surface area contributed by atoms with Gasteiger partial charge in [0.15, 0.2) is 0 Å². The zero-order chi connectivity index (χ0) is 33.2. The first-order valence-corrected chi connectivity index (χ1v) is 17.6. The van der Waals surface area contributed by atoms with Gasteiger partial charge in [0.05, 0.1) is 13.1 Å². The van der Waals surface area contributed by atoms with Gasteiger partial charge >= 0.3 is 0 Å². The van der Waals surface area contributed by atoms with E-state index >= 15 is 0 Å². The Morgan fingerprint density at radius 3 is 1.79 bits per heavy atom. The molecule has 5 heterocycles. The minimum absolute atomic E-state index is 0.556. The number of aliphatic imine (C=N–C) groups is 2. The van der Waals surface area contributed by atoms with E-state index in [4.69, 9.17) is 5.41 Å². The summed E-state index contributed by atoms with van der Waals surface area (Å²) < 4.78 is 2.66. The normalized spacial score (nSPS) is 14.2. The molecular weight excluding hydrogens is 619 g/mol. The average molecular weight is 662 g/mol. The highest BCUT2D eigenvalue weighted by atomic mass is 32.1. The summed E-state index contributed by atoms with van der Waals surface area (Å²) in [7, 11) is 7.99. The van der Waals surface area contributed by atoms with Gasteiger partial charge in [0.2, 0.25) is 0 Å². The van der Waals surface area contributed by atoms with Crippen molar-refractivity contribution >= 4 is 71.3 Å². The minimum Gasteiger partial charge on any atom is -0.363 e. The average Bonchev–Trinajstić information content (AvgIpc) is 3.87. The third-order valence-electron chi connectivity index (χ3n) is 8.39. The molecule has 8 rings (SSSR count). The van der Waals surface area contributed by atoms with Gasteiger partial charge in [-0.2, -0.15) is 0 Å². The molecule has 0 bridgehead atoms. The summed E-state index contributed by atoms with van der Waals surface area (Å²) >= 11 is 3.65. The van der Waals surface area contributed by atoms with Crippen molar-refractivity contribution in [2.45, 2.75) is 20.8 Å². The van der Waals surface area contributed by atoms with Crippen LogP contribution < -0.4 is 0 Å². The topological polar surface area (TPSA) is 74.1 Å². The molecule has 0 fully saturated rings. The molecule has 6 aromatic rings. The number of aromatic nitrogens is 1. The Morgan fingerprint density at radius 1 is 0.702 bits per heavy atom. The lowest BCUT2D eigenvalue weighted by Crippen LogP contribution is -2.23. The highest BCUT2D eigenvalue weighted by Crippen LogP contribution is 2.27. The predicted octanol–water partition coefficient (Wildman–Crippen LogP) is 8.17. The number of hydrogen-bond acceptors (Lipinski definition) is 7. The van der Waals surface area contributed by atoms with E-state index in [2.05, 4.69) is 126 Å². The Morgan fingerprint density at radius 2 is 1.23 bits per heavy atom. The zero-order valence-electron chi connectivity index (χ0n) is 28.3. The second-order valence-corrected chi connectivity index (χ2v) is 15.0. The summed E-state index contributed by atoms with van der Waals surface area (Å²) in [6, 6.07) is 25.9. The van der Waals surface area contributed by atoms with E-state index in [1.54, 1.807) is 11.3 Å². The number of rotatable bonds is 3. The Bertz CT molecular complexity index is 2020. The lowest BCUT2D eigenvalue weighted by molar-refractivity contribution is 0.557. The first kappa shape index (κ1) is 32.5. The number of hydrogen-bond donors (Lipinski definition) is 2. The van der Waals surface area contributed by atoms with Crippen LogP contribution in [0.5, 0.6) is 0 Å². The summed E-state index contributed by atoms with van der Waals surface area (Å²) in [6.07, 6.45) is 0. The molecule has 0 spiro atoms. The van der Waals surface area contributed by atoms with Gasteiger partial charge in [-0.1, -0.05) is 0 Å². The number of benzene rings is 3. The number of amidine groups is 3. The van der Waals surface area contributed by atoms with Gasteiger partial charge in [-0.15, -0.1) is 22.7 Å². The Hall–Kier alpha value is -4.47. The third-order valence-corrected chi connectivity index (χ3v) is 10.5. The maximum Gasteiger partial charge on any atom is 0.130 e. The van der Waals surface area contributed by atoms with Crippen LogP contribution in [0.1, 0.15) is 32.1 Å². The Balaban J connectivity index is 0.000000123. The van der Waals surface area contributed by atoms with Gasteiger partial charge in [-0.05, 0) is 104 Å². The Labute approximate surface area is 285 Å². The van der Waals surface area contributed by atoms with Crippen LogP contribution in [-0.4, -0.2) is 91.6 Å². The van der Waals surface area contributed by atoms with Crippen LogP contribution in [0.3, 0.4) is 0 Å². The van der Waals surface area contributed by atoms with Gasteiger partial charge < -0.3 is 19.7 Å². The van der Waals surface area contributed by atoms with E-state index in [9.17, 15) is 0 Å². The molecular formula is C38H43N7S2. The van der Waals surface area contributed by atoms with Gasteiger partial charge in [0.25, 0.3) is 0 Å². The standard InChI is InChI=1S/C13H15N3.C13H14N2S.C12H14N2S/c1-9-7-11-8-10(3-4-12(11)15-9)13-14-5-6-16(13)2;1-9-7-11-8-10(3-4-12(11)16-9)13-14-5-6-15(13)2;1-8-6-10-7-9(12(13)14(2)3)4-5-11(10)15-8/h3-4,7-8,15H,5-6H2,1-2H3;3-4,7-8H,5-6H2,1-2H3;4-7,13H,1-3H3. The van der Waals surface area contributed by atoms with E-state index in [0.717, 1.165) is 43.4 Å². The maximum absolute atomic E-state index is 7.90. The number of aryl methyl sites for hydroxylation is 3. The predicted molar refractivity (Wildman–Crippen MR) is 205 cm³/mol. The fraction of sp³-hybridized carbons (Fsp3) is 0.289. The van der Waals surface area contributed by atoms with E-state index in [-0.39, 0.29) is 0 Å². The largest absolute Gasteiger partial charge is 0.363 e. The van der Waals surface area contributed by atoms with Crippen molar-refractivity contribution in [3.8, 4) is 0 Å². The summed E-state index contributed by atoms with van der Waals surface area (Å²) in [5.74, 6) is 2.80. The highest BCUT2D eigenvalue weighted by molar-refractivity contribution is 7.19. The molecule has 2 aliphatic heterocycles. The fourth-order valence-electron chi connectivity index (χ4n) is 6.00. The molecule has 0 radical (unpaired) electrons. The quantitative estimate of drug-likeness (QED) is 0.149. The van der Waals surface area contributed by atoms with Crippen LogP contribution in [0.2, 0.25) is 0 Å². The van der Waals surface area contributed by atoms with Crippen molar-refractivity contribution < 1.29 is 0 Å². The van der Waals surface area contributed by atoms with Gasteiger partial charge in [0.1, 0.15) is 17.5 Å². The van der Waals surface area contributed by atoms with Crippen LogP contribution in [-0.2, 0) is 0 Å². The smallest absolute Gasteiger partial charge is 0.130 e. The second-order valence-electron chi connectivity index (χ2n) is 12.5. The SMILES string of the molecule is Cc1cc2cc(C(=N)N(C)C)ccc2s1.Cc1cc2cc(C3=NCCN3C)ccc2[nH]1.Cc1cc2cc(C3=NCCN3C)ccc2s1. The Kier molecular flexibility index (Phi) is 9.47. The molecule has 0 unspecified atom stereocenters. The molecule has 0 atom stereocenters. The van der Waals surface area contributed by atoms with E-state index in [0.29, 0.717) is 5.84 Å². The number of thiophene rings is 2. The lowest BCUT2D eigenvalue weighted by atomic mass is 10.1. The minimum atomic E-state index is 0.556. The molecule has 0 amide bonds. The van der Waals surface area contributed by atoms with E-state index < -0.39 is 0 Å². The summed E-state index contributed by atoms with van der Waals surface area (Å²) in [6.45, 7) is 10.3.